The third-order valence-corrected chi connectivity index (χ3v) is 5.70. The van der Waals surface area contributed by atoms with Gasteiger partial charge in [0.05, 0.1) is 21.8 Å². The summed E-state index contributed by atoms with van der Waals surface area (Å²) in [4.78, 5) is 6.76. The molecule has 0 amide bonds. The molecule has 0 bridgehead atoms. The number of anilines is 1. The molecule has 2 aromatic carbocycles. The van der Waals surface area contributed by atoms with E-state index in [0.717, 1.165) is 32.3 Å². The number of benzene rings is 2. The molecule has 4 rings (SSSR count). The fraction of sp³-hybridized carbons (Fsp3) is 0.105. The molecule has 134 valence electrons. The maximum atomic E-state index is 4.48. The van der Waals surface area contributed by atoms with Crippen LogP contribution in [0.25, 0.3) is 9.53 Å². The lowest BCUT2D eigenvalue weighted by Crippen LogP contribution is -1.84. The van der Waals surface area contributed by atoms with Crippen LogP contribution in [0.2, 0.25) is 0 Å². The minimum absolute atomic E-state index is 0.671. The lowest BCUT2D eigenvalue weighted by atomic mass is 10.3. The first-order chi connectivity index (χ1) is 13.2. The van der Waals surface area contributed by atoms with E-state index < -0.39 is 0 Å². The molecule has 8 heteroatoms. The highest BCUT2D eigenvalue weighted by atomic mass is 32.1. The topological polar surface area (TPSA) is 74.4 Å². The van der Waals surface area contributed by atoms with Crippen molar-refractivity contribution in [2.45, 2.75) is 6.92 Å². The molecule has 0 saturated heterocycles. The van der Waals surface area contributed by atoms with Gasteiger partial charge in [-0.15, -0.1) is 21.6 Å². The Morgan fingerprint density at radius 1 is 0.778 bits per heavy atom. The van der Waals surface area contributed by atoms with Gasteiger partial charge in [0.1, 0.15) is 4.83 Å². The maximum absolute atomic E-state index is 4.48. The molecule has 1 N–H and O–H groups in total. The first-order valence-electron chi connectivity index (χ1n) is 8.28. The number of hydrogen-bond donors (Lipinski definition) is 1. The van der Waals surface area contributed by atoms with Crippen LogP contribution < -0.4 is 5.32 Å². The number of fused-ring (bicyclic) bond motifs is 1. The molecule has 2 heterocycles. The van der Waals surface area contributed by atoms with Gasteiger partial charge in [0.15, 0.2) is 0 Å². The van der Waals surface area contributed by atoms with Crippen molar-refractivity contribution in [2.75, 3.05) is 12.4 Å². The highest BCUT2D eigenvalue weighted by molar-refractivity contribution is 7.28. The monoisotopic (exact) mass is 392 g/mol. The molecule has 0 radical (unpaired) electrons. The van der Waals surface area contributed by atoms with Gasteiger partial charge in [-0.25, -0.2) is 4.98 Å². The molecule has 0 saturated carbocycles. The van der Waals surface area contributed by atoms with E-state index in [9.17, 15) is 0 Å². The Labute approximate surface area is 164 Å². The average Bonchev–Trinajstić information content (AvgIpc) is 3.23. The van der Waals surface area contributed by atoms with Crippen molar-refractivity contribution in [1.29, 1.82) is 0 Å². The molecule has 0 aliphatic rings. The van der Waals surface area contributed by atoms with Crippen molar-refractivity contribution in [1.82, 2.24) is 4.98 Å². The van der Waals surface area contributed by atoms with E-state index in [1.807, 2.05) is 55.6 Å². The van der Waals surface area contributed by atoms with E-state index >= 15 is 0 Å². The van der Waals surface area contributed by atoms with Crippen LogP contribution in [0.15, 0.2) is 75.1 Å². The van der Waals surface area contributed by atoms with E-state index in [4.69, 9.17) is 0 Å². The molecule has 4 aromatic rings. The fourth-order valence-corrected chi connectivity index (χ4v) is 4.32. The van der Waals surface area contributed by atoms with Crippen molar-refractivity contribution in [3.8, 4) is 0 Å². The number of thiophene rings is 1. The summed E-state index contributed by atoms with van der Waals surface area (Å²) in [5, 5.41) is 20.7. The van der Waals surface area contributed by atoms with Crippen LogP contribution in [0.5, 0.6) is 0 Å². The fourth-order valence-electron chi connectivity index (χ4n) is 2.38. The molecular formula is C19H16N6S2. The van der Waals surface area contributed by atoms with Crippen molar-refractivity contribution in [2.24, 2.45) is 20.5 Å². The van der Waals surface area contributed by atoms with Crippen molar-refractivity contribution >= 4 is 60.1 Å². The van der Waals surface area contributed by atoms with Gasteiger partial charge < -0.3 is 5.32 Å². The minimum Gasteiger partial charge on any atom is -0.388 e. The van der Waals surface area contributed by atoms with Gasteiger partial charge >= 0.3 is 0 Å². The lowest BCUT2D eigenvalue weighted by molar-refractivity contribution is 1.20. The SMILES string of the molecule is CNc1ccc(N=Nc2ccc(N=Nc3nc4sc(C)cc4s3)cc2)cc1. The summed E-state index contributed by atoms with van der Waals surface area (Å²) in [6, 6.07) is 17.3. The predicted molar refractivity (Wildman–Crippen MR) is 113 cm³/mol. The summed E-state index contributed by atoms with van der Waals surface area (Å²) >= 11 is 3.22. The second-order valence-electron chi connectivity index (χ2n) is 5.74. The number of thiazole rings is 1. The van der Waals surface area contributed by atoms with Gasteiger partial charge in [-0.3, -0.25) is 0 Å². The summed E-state index contributed by atoms with van der Waals surface area (Å²) in [6.07, 6.45) is 0. The zero-order valence-corrected chi connectivity index (χ0v) is 16.4. The molecular weight excluding hydrogens is 376 g/mol. The number of azo groups is 2. The smallest absolute Gasteiger partial charge is 0.231 e. The van der Waals surface area contributed by atoms with Crippen LogP contribution in [0.3, 0.4) is 0 Å². The summed E-state index contributed by atoms with van der Waals surface area (Å²) < 4.78 is 1.16. The third-order valence-electron chi connectivity index (χ3n) is 3.74. The maximum Gasteiger partial charge on any atom is 0.231 e. The number of nitrogens with zero attached hydrogens (tertiary/aromatic N) is 5. The van der Waals surface area contributed by atoms with Crippen LogP contribution in [0.4, 0.5) is 27.9 Å². The molecule has 0 aliphatic carbocycles. The molecule has 0 unspecified atom stereocenters. The second kappa shape index (κ2) is 7.73. The Balaban J connectivity index is 1.43. The Morgan fingerprint density at radius 2 is 1.33 bits per heavy atom. The predicted octanol–water partition coefficient (Wildman–Crippen LogP) is 7.54. The van der Waals surface area contributed by atoms with Gasteiger partial charge in [-0.1, -0.05) is 11.3 Å². The van der Waals surface area contributed by atoms with Crippen molar-refractivity contribution in [3.63, 3.8) is 0 Å². The Morgan fingerprint density at radius 3 is 1.89 bits per heavy atom. The number of nitrogens with one attached hydrogen (secondary N) is 1. The van der Waals surface area contributed by atoms with Gasteiger partial charge in [-0.2, -0.15) is 10.2 Å². The highest BCUT2D eigenvalue weighted by Gasteiger charge is 2.05. The van der Waals surface area contributed by atoms with E-state index in [1.165, 1.54) is 4.88 Å². The molecule has 27 heavy (non-hydrogen) atoms. The first kappa shape index (κ1) is 17.4. The molecule has 0 fully saturated rings. The lowest BCUT2D eigenvalue weighted by Gasteiger charge is -1.98. The quantitative estimate of drug-likeness (QED) is 0.356. The average molecular weight is 393 g/mol. The minimum atomic E-state index is 0.671. The Hall–Kier alpha value is -2.97. The first-order valence-corrected chi connectivity index (χ1v) is 9.91. The zero-order valence-electron chi connectivity index (χ0n) is 14.7. The van der Waals surface area contributed by atoms with Crippen molar-refractivity contribution < 1.29 is 0 Å². The molecule has 2 aromatic heterocycles. The number of rotatable bonds is 5. The molecule has 0 spiro atoms. The standard InChI is InChI=1S/C19H16N6S2/c1-12-11-17-18(26-12)21-19(27-17)25-24-16-9-7-15(8-10-16)23-22-14-5-3-13(20-2)4-6-14/h3-11,20H,1-2H3. The van der Waals surface area contributed by atoms with Crippen LogP contribution in [-0.4, -0.2) is 12.0 Å². The third kappa shape index (κ3) is 4.24. The van der Waals surface area contributed by atoms with E-state index in [1.54, 1.807) is 22.7 Å². The Bertz CT molecular complexity index is 1080. The summed E-state index contributed by atoms with van der Waals surface area (Å²) in [5.74, 6) is 0. The molecule has 0 atom stereocenters. The van der Waals surface area contributed by atoms with Gasteiger partial charge in [-0.05, 0) is 61.5 Å². The van der Waals surface area contributed by atoms with E-state index in [-0.39, 0.29) is 0 Å². The zero-order chi connectivity index (χ0) is 18.6. The molecule has 0 aliphatic heterocycles. The highest BCUT2D eigenvalue weighted by Crippen LogP contribution is 2.34. The van der Waals surface area contributed by atoms with Crippen LogP contribution in [0, 0.1) is 6.92 Å². The summed E-state index contributed by atoms with van der Waals surface area (Å²) in [6.45, 7) is 2.08. The van der Waals surface area contributed by atoms with Gasteiger partial charge in [0, 0.05) is 17.6 Å². The van der Waals surface area contributed by atoms with Crippen LogP contribution in [0.1, 0.15) is 4.88 Å². The number of aryl methyl sites for hydroxylation is 1. The molecule has 6 nitrogen and oxygen atoms in total. The number of hydrogen-bond acceptors (Lipinski definition) is 8. The Kier molecular flexibility index (Phi) is 4.99. The summed E-state index contributed by atoms with van der Waals surface area (Å²) in [5.41, 5.74) is 3.36. The van der Waals surface area contributed by atoms with Gasteiger partial charge in [0.25, 0.3) is 0 Å². The van der Waals surface area contributed by atoms with Crippen LogP contribution >= 0.6 is 22.7 Å². The van der Waals surface area contributed by atoms with Crippen LogP contribution in [-0.2, 0) is 0 Å². The van der Waals surface area contributed by atoms with E-state index in [0.29, 0.717) is 5.13 Å². The van der Waals surface area contributed by atoms with Gasteiger partial charge in [0.2, 0.25) is 5.13 Å². The largest absolute Gasteiger partial charge is 0.388 e. The van der Waals surface area contributed by atoms with E-state index in [2.05, 4.69) is 43.7 Å². The normalized spacial score (nSPS) is 11.8. The summed E-state index contributed by atoms with van der Waals surface area (Å²) in [7, 11) is 1.88. The second-order valence-corrected chi connectivity index (χ2v) is 7.98. The van der Waals surface area contributed by atoms with Crippen molar-refractivity contribution in [3.05, 3.63) is 59.5 Å². The number of aromatic nitrogens is 1.